The van der Waals surface area contributed by atoms with E-state index in [0.29, 0.717) is 11.6 Å². The van der Waals surface area contributed by atoms with Crippen LogP contribution in [0.3, 0.4) is 0 Å². The van der Waals surface area contributed by atoms with Crippen molar-refractivity contribution in [3.8, 4) is 0 Å². The van der Waals surface area contributed by atoms with Crippen molar-refractivity contribution in [1.82, 2.24) is 4.98 Å². The number of benzene rings is 1. The van der Waals surface area contributed by atoms with Gasteiger partial charge in [-0.1, -0.05) is 6.92 Å². The molecule has 0 radical (unpaired) electrons. The minimum atomic E-state index is -1.34. The smallest absolute Gasteiger partial charge is 0.342 e. The minimum Gasteiger partial charge on any atom is -0.477 e. The van der Waals surface area contributed by atoms with Gasteiger partial charge in [-0.25, -0.2) is 9.78 Å². The Morgan fingerprint density at radius 3 is 2.86 bits per heavy atom. The summed E-state index contributed by atoms with van der Waals surface area (Å²) in [5, 5.41) is 22.7. The number of carboxylic acid groups (broad SMARTS) is 1. The lowest BCUT2D eigenvalue weighted by molar-refractivity contribution is -0.385. The molecule has 0 aliphatic rings. The Balaban J connectivity index is 2.15. The normalized spacial score (nSPS) is 10.3. The molecule has 0 unspecified atom stereocenters. The highest BCUT2D eigenvalue weighted by atomic mass is 16.6. The van der Waals surface area contributed by atoms with E-state index in [0.717, 1.165) is 12.2 Å². The molecule has 0 atom stereocenters. The van der Waals surface area contributed by atoms with Gasteiger partial charge >= 0.3 is 5.97 Å². The molecule has 2 aromatic rings. The van der Waals surface area contributed by atoms with Crippen molar-refractivity contribution in [2.24, 2.45) is 0 Å². The molecule has 0 saturated carbocycles. The maximum Gasteiger partial charge on any atom is 0.342 e. The first-order chi connectivity index (χ1) is 10.0. The van der Waals surface area contributed by atoms with Crippen LogP contribution in [0.4, 0.5) is 11.4 Å². The molecular formula is C13H13N3O5. The topological polar surface area (TPSA) is 119 Å². The van der Waals surface area contributed by atoms with Gasteiger partial charge in [-0.2, -0.15) is 0 Å². The van der Waals surface area contributed by atoms with Gasteiger partial charge in [-0.3, -0.25) is 10.1 Å². The summed E-state index contributed by atoms with van der Waals surface area (Å²) in [6, 6.07) is 3.82. The molecule has 1 heterocycles. The third-order valence-electron chi connectivity index (χ3n) is 2.82. The van der Waals surface area contributed by atoms with E-state index in [1.54, 1.807) is 6.20 Å². The van der Waals surface area contributed by atoms with Gasteiger partial charge < -0.3 is 14.8 Å². The number of nitrogens with one attached hydrogen (secondary N) is 1. The highest BCUT2D eigenvalue weighted by Gasteiger charge is 2.20. The SMILES string of the molecule is CCc1cnc(CNc2ccc(C(=O)O)c([N+](=O)[O-])c2)o1. The molecule has 0 amide bonds. The Morgan fingerprint density at radius 1 is 1.52 bits per heavy atom. The summed E-state index contributed by atoms with van der Waals surface area (Å²) in [6.07, 6.45) is 2.35. The van der Waals surface area contributed by atoms with Crippen LogP contribution in [-0.4, -0.2) is 21.0 Å². The maximum absolute atomic E-state index is 10.9. The second-order valence-corrected chi connectivity index (χ2v) is 4.22. The van der Waals surface area contributed by atoms with E-state index >= 15 is 0 Å². The summed E-state index contributed by atoms with van der Waals surface area (Å²) in [7, 11) is 0. The van der Waals surface area contributed by atoms with Crippen LogP contribution in [-0.2, 0) is 13.0 Å². The second kappa shape index (κ2) is 6.04. The zero-order valence-electron chi connectivity index (χ0n) is 11.2. The van der Waals surface area contributed by atoms with E-state index in [1.807, 2.05) is 6.92 Å². The Labute approximate surface area is 119 Å². The third-order valence-corrected chi connectivity index (χ3v) is 2.82. The molecule has 0 bridgehead atoms. The number of aromatic nitrogens is 1. The minimum absolute atomic E-state index is 0.254. The molecule has 0 fully saturated rings. The van der Waals surface area contributed by atoms with Gasteiger partial charge in [0.1, 0.15) is 11.3 Å². The van der Waals surface area contributed by atoms with Gasteiger partial charge in [-0.15, -0.1) is 0 Å². The Hall–Kier alpha value is -2.90. The highest BCUT2D eigenvalue weighted by molar-refractivity contribution is 5.93. The van der Waals surface area contributed by atoms with Crippen LogP contribution >= 0.6 is 0 Å². The first kappa shape index (κ1) is 14.5. The number of aromatic carboxylic acids is 1. The van der Waals surface area contributed by atoms with Crippen LogP contribution in [0, 0.1) is 10.1 Å². The van der Waals surface area contributed by atoms with Crippen LogP contribution in [0.1, 0.15) is 28.9 Å². The first-order valence-corrected chi connectivity index (χ1v) is 6.20. The number of nitro groups is 1. The lowest BCUT2D eigenvalue weighted by Crippen LogP contribution is -2.05. The number of nitrogens with zero attached hydrogens (tertiary/aromatic N) is 2. The number of nitro benzene ring substituents is 1. The zero-order chi connectivity index (χ0) is 15.4. The fourth-order valence-corrected chi connectivity index (χ4v) is 1.74. The van der Waals surface area contributed by atoms with Crippen molar-refractivity contribution in [3.63, 3.8) is 0 Å². The number of carbonyl (C=O) groups is 1. The van der Waals surface area contributed by atoms with Gasteiger partial charge in [0, 0.05) is 18.2 Å². The standard InChI is InChI=1S/C13H13N3O5/c1-2-9-6-15-12(21-9)7-14-8-3-4-10(13(17)18)11(5-8)16(19)20/h3-6,14H,2,7H2,1H3,(H,17,18). The van der Waals surface area contributed by atoms with E-state index in [1.165, 1.54) is 18.2 Å². The van der Waals surface area contributed by atoms with E-state index < -0.39 is 16.6 Å². The van der Waals surface area contributed by atoms with Crippen molar-refractivity contribution in [2.45, 2.75) is 19.9 Å². The molecule has 0 aliphatic heterocycles. The Bertz CT molecular complexity index is 680. The number of oxazole rings is 1. The van der Waals surface area contributed by atoms with Crippen molar-refractivity contribution in [2.75, 3.05) is 5.32 Å². The van der Waals surface area contributed by atoms with Gasteiger partial charge in [0.25, 0.3) is 5.69 Å². The van der Waals surface area contributed by atoms with Crippen molar-refractivity contribution in [1.29, 1.82) is 0 Å². The van der Waals surface area contributed by atoms with E-state index in [4.69, 9.17) is 9.52 Å². The van der Waals surface area contributed by atoms with Crippen LogP contribution in [0.15, 0.2) is 28.8 Å². The number of carboxylic acids is 1. The molecule has 1 aromatic heterocycles. The predicted octanol–water partition coefficient (Wildman–Crippen LogP) is 2.46. The average molecular weight is 291 g/mol. The summed E-state index contributed by atoms with van der Waals surface area (Å²) in [6.45, 7) is 2.19. The molecule has 0 aliphatic carbocycles. The largest absolute Gasteiger partial charge is 0.477 e. The molecule has 21 heavy (non-hydrogen) atoms. The number of anilines is 1. The van der Waals surface area contributed by atoms with Crippen LogP contribution in [0.25, 0.3) is 0 Å². The predicted molar refractivity (Wildman–Crippen MR) is 73.3 cm³/mol. The van der Waals surface area contributed by atoms with Crippen LogP contribution in [0.5, 0.6) is 0 Å². The van der Waals surface area contributed by atoms with E-state index in [-0.39, 0.29) is 12.1 Å². The van der Waals surface area contributed by atoms with Crippen molar-refractivity contribution >= 4 is 17.3 Å². The van der Waals surface area contributed by atoms with Gasteiger partial charge in [-0.05, 0) is 12.1 Å². The van der Waals surface area contributed by atoms with Crippen LogP contribution in [0.2, 0.25) is 0 Å². The molecule has 8 heteroatoms. The molecule has 1 aromatic carbocycles. The summed E-state index contributed by atoms with van der Waals surface area (Å²) in [4.78, 5) is 25.1. The number of aryl methyl sites for hydroxylation is 1. The van der Waals surface area contributed by atoms with E-state index in [9.17, 15) is 14.9 Å². The second-order valence-electron chi connectivity index (χ2n) is 4.22. The number of rotatable bonds is 6. The van der Waals surface area contributed by atoms with Crippen LogP contribution < -0.4 is 5.32 Å². The fraction of sp³-hybridized carbons (Fsp3) is 0.231. The summed E-state index contributed by atoms with van der Waals surface area (Å²) < 4.78 is 5.39. The molecule has 2 N–H and O–H groups in total. The average Bonchev–Trinajstić information content (AvgIpc) is 2.92. The third kappa shape index (κ3) is 3.35. The van der Waals surface area contributed by atoms with Gasteiger partial charge in [0.05, 0.1) is 17.7 Å². The number of hydrogen-bond donors (Lipinski definition) is 2. The molecule has 8 nitrogen and oxygen atoms in total. The van der Waals surface area contributed by atoms with E-state index in [2.05, 4.69) is 10.3 Å². The maximum atomic E-state index is 10.9. The Morgan fingerprint density at radius 2 is 2.29 bits per heavy atom. The Kier molecular flexibility index (Phi) is 4.17. The van der Waals surface area contributed by atoms with Crippen molar-refractivity contribution in [3.05, 3.63) is 51.7 Å². The molecular weight excluding hydrogens is 278 g/mol. The highest BCUT2D eigenvalue weighted by Crippen LogP contribution is 2.23. The quantitative estimate of drug-likeness (QED) is 0.619. The lowest BCUT2D eigenvalue weighted by atomic mass is 10.1. The zero-order valence-corrected chi connectivity index (χ0v) is 11.2. The molecule has 2 rings (SSSR count). The lowest BCUT2D eigenvalue weighted by Gasteiger charge is -2.05. The first-order valence-electron chi connectivity index (χ1n) is 6.20. The molecule has 0 spiro atoms. The number of hydrogen-bond acceptors (Lipinski definition) is 6. The van der Waals surface area contributed by atoms with Gasteiger partial charge in [0.2, 0.25) is 5.89 Å². The molecule has 110 valence electrons. The fourth-order valence-electron chi connectivity index (χ4n) is 1.74. The summed E-state index contributed by atoms with van der Waals surface area (Å²) >= 11 is 0. The van der Waals surface area contributed by atoms with Crippen molar-refractivity contribution < 1.29 is 19.2 Å². The van der Waals surface area contributed by atoms with Gasteiger partial charge in [0.15, 0.2) is 0 Å². The molecule has 0 saturated heterocycles. The summed E-state index contributed by atoms with van der Waals surface area (Å²) in [5.74, 6) is -0.135. The summed E-state index contributed by atoms with van der Waals surface area (Å²) in [5.41, 5.74) is -0.396. The monoisotopic (exact) mass is 291 g/mol.